The van der Waals surface area contributed by atoms with E-state index in [0.29, 0.717) is 43.9 Å². The predicted octanol–water partition coefficient (Wildman–Crippen LogP) is 2.54. The number of hydrogen-bond acceptors (Lipinski definition) is 4. The molecule has 7 nitrogen and oxygen atoms in total. The smallest absolute Gasteiger partial charge is 0.317 e. The van der Waals surface area contributed by atoms with E-state index in [2.05, 4.69) is 10.6 Å². The molecule has 2 N–H and O–H groups in total. The fourth-order valence-corrected chi connectivity index (χ4v) is 4.13. The lowest BCUT2D eigenvalue weighted by Gasteiger charge is -2.37. The lowest BCUT2D eigenvalue weighted by molar-refractivity contribution is -0.134. The summed E-state index contributed by atoms with van der Waals surface area (Å²) in [6.07, 6.45) is 1.38. The van der Waals surface area contributed by atoms with Gasteiger partial charge in [-0.15, -0.1) is 11.3 Å². The number of amides is 4. The van der Waals surface area contributed by atoms with Gasteiger partial charge in [0.25, 0.3) is 5.91 Å². The monoisotopic (exact) mass is 408 g/mol. The van der Waals surface area contributed by atoms with Crippen LogP contribution in [0.4, 0.5) is 4.79 Å². The van der Waals surface area contributed by atoms with Crippen molar-refractivity contribution in [3.63, 3.8) is 0 Å². The van der Waals surface area contributed by atoms with Crippen molar-refractivity contribution in [2.24, 2.45) is 5.92 Å². The molecule has 0 spiro atoms. The van der Waals surface area contributed by atoms with Crippen LogP contribution in [0.25, 0.3) is 0 Å². The summed E-state index contributed by atoms with van der Waals surface area (Å²) in [4.78, 5) is 42.1. The highest BCUT2D eigenvalue weighted by Crippen LogP contribution is 2.23. The highest BCUT2D eigenvalue weighted by molar-refractivity contribution is 7.12. The number of thiophene rings is 1. The molecule has 0 aromatic carbocycles. The van der Waals surface area contributed by atoms with Crippen LogP contribution >= 0.6 is 11.3 Å². The Hall–Kier alpha value is -2.09. The lowest BCUT2D eigenvalue weighted by Crippen LogP contribution is -2.55. The molecule has 156 valence electrons. The number of rotatable bonds is 7. The first kappa shape index (κ1) is 22.2. The van der Waals surface area contributed by atoms with E-state index in [0.717, 1.165) is 0 Å². The maximum Gasteiger partial charge on any atom is 0.317 e. The number of carbonyl (C=O) groups excluding carboxylic acids is 3. The van der Waals surface area contributed by atoms with Crippen LogP contribution in [0.5, 0.6) is 0 Å². The summed E-state index contributed by atoms with van der Waals surface area (Å²) >= 11 is 1.36. The molecule has 0 bridgehead atoms. The largest absolute Gasteiger partial charge is 0.341 e. The van der Waals surface area contributed by atoms with Gasteiger partial charge >= 0.3 is 6.03 Å². The first-order chi connectivity index (χ1) is 13.4. The van der Waals surface area contributed by atoms with Crippen LogP contribution in [0.3, 0.4) is 0 Å². The van der Waals surface area contributed by atoms with Gasteiger partial charge in [-0.1, -0.05) is 6.07 Å². The van der Waals surface area contributed by atoms with Gasteiger partial charge in [0.2, 0.25) is 5.91 Å². The summed E-state index contributed by atoms with van der Waals surface area (Å²) in [6, 6.07) is 3.05. The van der Waals surface area contributed by atoms with Gasteiger partial charge in [0, 0.05) is 32.2 Å². The van der Waals surface area contributed by atoms with Crippen molar-refractivity contribution in [3.05, 3.63) is 22.4 Å². The Morgan fingerprint density at radius 3 is 2.32 bits per heavy atom. The molecule has 1 aliphatic heterocycles. The maximum absolute atomic E-state index is 13.1. The van der Waals surface area contributed by atoms with E-state index in [1.54, 1.807) is 15.9 Å². The van der Waals surface area contributed by atoms with Gasteiger partial charge in [-0.3, -0.25) is 9.59 Å². The third-order valence-electron chi connectivity index (χ3n) is 5.08. The van der Waals surface area contributed by atoms with Crippen molar-refractivity contribution in [2.75, 3.05) is 26.2 Å². The molecule has 1 saturated heterocycles. The van der Waals surface area contributed by atoms with Crippen LogP contribution in [-0.4, -0.2) is 65.9 Å². The number of likely N-dealkylation sites (N-methyl/N-ethyl adjacent to an activating group) is 1. The SMILES string of the molecule is CCN(CC)C(=O)[C@H](NC(=O)c1cccs1)C1CCN(C(=O)NC(C)C)CC1. The minimum atomic E-state index is -0.565. The highest BCUT2D eigenvalue weighted by Gasteiger charge is 2.35. The van der Waals surface area contributed by atoms with E-state index in [1.165, 1.54) is 11.3 Å². The average molecular weight is 409 g/mol. The van der Waals surface area contributed by atoms with Gasteiger partial charge in [0.05, 0.1) is 4.88 Å². The molecular weight excluding hydrogens is 376 g/mol. The second kappa shape index (κ2) is 10.5. The average Bonchev–Trinajstić information content (AvgIpc) is 3.21. The van der Waals surface area contributed by atoms with Crippen molar-refractivity contribution in [1.82, 2.24) is 20.4 Å². The van der Waals surface area contributed by atoms with E-state index in [1.807, 2.05) is 39.1 Å². The summed E-state index contributed by atoms with van der Waals surface area (Å²) in [7, 11) is 0. The minimum Gasteiger partial charge on any atom is -0.341 e. The molecule has 28 heavy (non-hydrogen) atoms. The van der Waals surface area contributed by atoms with Gasteiger partial charge in [0.1, 0.15) is 6.04 Å². The number of nitrogens with one attached hydrogen (secondary N) is 2. The first-order valence-corrected chi connectivity index (χ1v) is 10.9. The second-order valence-electron chi connectivity index (χ2n) is 7.37. The van der Waals surface area contributed by atoms with Crippen molar-refractivity contribution in [1.29, 1.82) is 0 Å². The molecule has 0 aliphatic carbocycles. The quantitative estimate of drug-likeness (QED) is 0.727. The Morgan fingerprint density at radius 1 is 1.18 bits per heavy atom. The Balaban J connectivity index is 2.08. The molecule has 0 radical (unpaired) electrons. The van der Waals surface area contributed by atoms with Gasteiger partial charge in [0.15, 0.2) is 0 Å². The van der Waals surface area contributed by atoms with Gasteiger partial charge < -0.3 is 20.4 Å². The lowest BCUT2D eigenvalue weighted by atomic mass is 9.88. The number of likely N-dealkylation sites (tertiary alicyclic amines) is 1. The maximum atomic E-state index is 13.1. The van der Waals surface area contributed by atoms with Crippen LogP contribution in [0, 0.1) is 5.92 Å². The van der Waals surface area contributed by atoms with Crippen LogP contribution in [0.15, 0.2) is 17.5 Å². The molecule has 1 aromatic heterocycles. The number of hydrogen-bond donors (Lipinski definition) is 2. The topological polar surface area (TPSA) is 81.8 Å². The molecule has 2 rings (SSSR count). The zero-order chi connectivity index (χ0) is 20.7. The van der Waals surface area contributed by atoms with E-state index < -0.39 is 6.04 Å². The molecule has 1 aliphatic rings. The zero-order valence-electron chi connectivity index (χ0n) is 17.2. The second-order valence-corrected chi connectivity index (χ2v) is 8.32. The summed E-state index contributed by atoms with van der Waals surface area (Å²) < 4.78 is 0. The van der Waals surface area contributed by atoms with Gasteiger partial charge in [-0.05, 0) is 57.9 Å². The van der Waals surface area contributed by atoms with E-state index in [-0.39, 0.29) is 29.8 Å². The Morgan fingerprint density at radius 2 is 1.82 bits per heavy atom. The molecular formula is C20H32N4O3S. The van der Waals surface area contributed by atoms with Crippen LogP contribution in [0.1, 0.15) is 50.2 Å². The van der Waals surface area contributed by atoms with Crippen molar-refractivity contribution in [3.8, 4) is 0 Å². The predicted molar refractivity (Wildman–Crippen MR) is 111 cm³/mol. The van der Waals surface area contributed by atoms with Crippen molar-refractivity contribution >= 4 is 29.2 Å². The number of nitrogens with zero attached hydrogens (tertiary/aromatic N) is 2. The fraction of sp³-hybridized carbons (Fsp3) is 0.650. The fourth-order valence-electron chi connectivity index (χ4n) is 3.51. The standard InChI is InChI=1S/C20H32N4O3S/c1-5-23(6-2)19(26)17(22-18(25)16-8-7-13-28-16)15-9-11-24(12-10-15)20(27)21-14(3)4/h7-8,13-15,17H,5-6,9-12H2,1-4H3,(H,21,27)(H,22,25)/t17-/m1/s1. The van der Waals surface area contributed by atoms with Crippen molar-refractivity contribution < 1.29 is 14.4 Å². The summed E-state index contributed by atoms with van der Waals surface area (Å²) in [6.45, 7) is 10.1. The molecule has 0 unspecified atom stereocenters. The third-order valence-corrected chi connectivity index (χ3v) is 5.95. The summed E-state index contributed by atoms with van der Waals surface area (Å²) in [5.74, 6) is -0.236. The molecule has 4 amide bonds. The van der Waals surface area contributed by atoms with Crippen LogP contribution in [-0.2, 0) is 4.79 Å². The third kappa shape index (κ3) is 5.70. The van der Waals surface area contributed by atoms with E-state index in [9.17, 15) is 14.4 Å². The first-order valence-electron chi connectivity index (χ1n) is 10.1. The molecule has 1 atom stereocenters. The van der Waals surface area contributed by atoms with E-state index >= 15 is 0 Å². The molecule has 1 fully saturated rings. The van der Waals surface area contributed by atoms with Crippen molar-refractivity contribution in [2.45, 2.75) is 52.6 Å². The van der Waals surface area contributed by atoms with Gasteiger partial charge in [-0.2, -0.15) is 0 Å². The Bertz CT molecular complexity index is 650. The van der Waals surface area contributed by atoms with Crippen LogP contribution < -0.4 is 10.6 Å². The number of carbonyl (C=O) groups is 3. The van der Waals surface area contributed by atoms with Gasteiger partial charge in [-0.25, -0.2) is 4.79 Å². The normalized spacial score (nSPS) is 16.0. The molecule has 8 heteroatoms. The molecule has 0 saturated carbocycles. The molecule has 1 aromatic rings. The summed E-state index contributed by atoms with van der Waals surface area (Å²) in [5.41, 5.74) is 0. The number of urea groups is 1. The molecule has 2 heterocycles. The zero-order valence-corrected chi connectivity index (χ0v) is 18.1. The Kier molecular flexibility index (Phi) is 8.29. The summed E-state index contributed by atoms with van der Waals surface area (Å²) in [5, 5.41) is 7.73. The highest BCUT2D eigenvalue weighted by atomic mass is 32.1. The number of piperidine rings is 1. The van der Waals surface area contributed by atoms with E-state index in [4.69, 9.17) is 0 Å². The van der Waals surface area contributed by atoms with Crippen LogP contribution in [0.2, 0.25) is 0 Å². The Labute approximate surface area is 171 Å². The minimum absolute atomic E-state index is 0.0140.